The lowest BCUT2D eigenvalue weighted by molar-refractivity contribution is 0.204. The van der Waals surface area contributed by atoms with Crippen molar-refractivity contribution in [2.24, 2.45) is 0 Å². The zero-order valence-electron chi connectivity index (χ0n) is 14.4. The van der Waals surface area contributed by atoms with E-state index in [-0.39, 0.29) is 6.03 Å². The van der Waals surface area contributed by atoms with Crippen molar-refractivity contribution in [3.8, 4) is 0 Å². The molecular formula is C16H23N7O. The van der Waals surface area contributed by atoms with Crippen LogP contribution in [0.4, 0.5) is 10.6 Å². The van der Waals surface area contributed by atoms with Gasteiger partial charge in [-0.3, -0.25) is 0 Å². The van der Waals surface area contributed by atoms with Gasteiger partial charge >= 0.3 is 6.03 Å². The molecule has 0 fully saturated rings. The minimum atomic E-state index is -0.140. The van der Waals surface area contributed by atoms with Crippen LogP contribution in [0.1, 0.15) is 23.6 Å². The highest BCUT2D eigenvalue weighted by molar-refractivity contribution is 5.74. The third-order valence-corrected chi connectivity index (χ3v) is 4.13. The average Bonchev–Trinajstić information content (AvgIpc) is 3.17. The molecule has 3 heterocycles. The number of urea groups is 1. The third-order valence-electron chi connectivity index (χ3n) is 4.13. The molecule has 8 heteroatoms. The fraction of sp³-hybridized carbons (Fsp3) is 0.500. The van der Waals surface area contributed by atoms with Crippen LogP contribution >= 0.6 is 0 Å². The highest BCUT2D eigenvalue weighted by atomic mass is 16.2. The number of carbonyl (C=O) groups excluding carboxylic acids is 1. The molecule has 2 aromatic heterocycles. The van der Waals surface area contributed by atoms with E-state index in [0.29, 0.717) is 13.1 Å². The Morgan fingerprint density at radius 2 is 2.17 bits per heavy atom. The second-order valence-corrected chi connectivity index (χ2v) is 6.18. The number of rotatable bonds is 5. The summed E-state index contributed by atoms with van der Waals surface area (Å²) in [5.74, 6) is 2.72. The van der Waals surface area contributed by atoms with Crippen molar-refractivity contribution in [2.75, 3.05) is 26.0 Å². The maximum absolute atomic E-state index is 12.3. The van der Waals surface area contributed by atoms with Crippen molar-refractivity contribution < 1.29 is 4.79 Å². The Balaban J connectivity index is 1.59. The first-order chi connectivity index (χ1) is 11.6. The third kappa shape index (κ3) is 3.32. The van der Waals surface area contributed by atoms with Gasteiger partial charge in [-0.25, -0.2) is 9.78 Å². The molecule has 0 atom stereocenters. The lowest BCUT2D eigenvalue weighted by atomic mass is 10.2. The summed E-state index contributed by atoms with van der Waals surface area (Å²) in [5.41, 5.74) is 0.979. The van der Waals surface area contributed by atoms with E-state index in [1.165, 1.54) is 0 Å². The van der Waals surface area contributed by atoms with Gasteiger partial charge in [-0.05, 0) is 12.5 Å². The Bertz CT molecular complexity index is 725. The summed E-state index contributed by atoms with van der Waals surface area (Å²) >= 11 is 0. The second kappa shape index (κ2) is 6.86. The number of amides is 2. The van der Waals surface area contributed by atoms with E-state index in [9.17, 15) is 4.79 Å². The summed E-state index contributed by atoms with van der Waals surface area (Å²) in [6.07, 6.45) is 3.82. The van der Waals surface area contributed by atoms with Gasteiger partial charge in [0.2, 0.25) is 0 Å². The normalized spacial score (nSPS) is 12.8. The van der Waals surface area contributed by atoms with Crippen LogP contribution in [-0.4, -0.2) is 51.8 Å². The van der Waals surface area contributed by atoms with Gasteiger partial charge in [0.1, 0.15) is 11.6 Å². The fourth-order valence-corrected chi connectivity index (χ4v) is 2.89. The first-order valence-electron chi connectivity index (χ1n) is 8.07. The zero-order valence-corrected chi connectivity index (χ0v) is 14.4. The molecular weight excluding hydrogens is 306 g/mol. The maximum Gasteiger partial charge on any atom is 0.317 e. The van der Waals surface area contributed by atoms with Gasteiger partial charge in [-0.15, -0.1) is 10.2 Å². The molecule has 2 amide bonds. The molecule has 2 aromatic rings. The van der Waals surface area contributed by atoms with Crippen LogP contribution in [0, 0.1) is 0 Å². The summed E-state index contributed by atoms with van der Waals surface area (Å²) in [5, 5.41) is 11.3. The Hall–Kier alpha value is -2.64. The number of hydrogen-bond donors (Lipinski definition) is 1. The van der Waals surface area contributed by atoms with E-state index in [1.807, 2.05) is 31.1 Å². The molecule has 0 bridgehead atoms. The van der Waals surface area contributed by atoms with Crippen molar-refractivity contribution in [3.05, 3.63) is 35.5 Å². The largest absolute Gasteiger partial charge is 0.362 e. The topological polar surface area (TPSA) is 79.2 Å². The monoisotopic (exact) mass is 329 g/mol. The Kier molecular flexibility index (Phi) is 4.64. The summed E-state index contributed by atoms with van der Waals surface area (Å²) < 4.78 is 2.11. The number of aromatic nitrogens is 4. The van der Waals surface area contributed by atoms with E-state index < -0.39 is 0 Å². The highest BCUT2D eigenvalue weighted by Gasteiger charge is 2.20. The molecule has 0 spiro atoms. The number of aryl methyl sites for hydroxylation is 1. The molecule has 128 valence electrons. The van der Waals surface area contributed by atoms with Gasteiger partial charge in [0.25, 0.3) is 0 Å². The molecule has 0 aromatic carbocycles. The van der Waals surface area contributed by atoms with Crippen LogP contribution in [0.5, 0.6) is 0 Å². The van der Waals surface area contributed by atoms with Crippen molar-refractivity contribution in [3.63, 3.8) is 0 Å². The minimum Gasteiger partial charge on any atom is -0.362 e. The number of anilines is 1. The number of nitrogens with zero attached hydrogens (tertiary/aromatic N) is 6. The van der Waals surface area contributed by atoms with Crippen LogP contribution < -0.4 is 10.2 Å². The lowest BCUT2D eigenvalue weighted by Gasteiger charge is -2.19. The van der Waals surface area contributed by atoms with E-state index in [4.69, 9.17) is 0 Å². The van der Waals surface area contributed by atoms with Gasteiger partial charge in [0.05, 0.1) is 6.54 Å². The van der Waals surface area contributed by atoms with Gasteiger partial charge in [0.15, 0.2) is 5.82 Å². The Labute approximate surface area is 141 Å². The van der Waals surface area contributed by atoms with E-state index in [2.05, 4.69) is 25.1 Å². The first-order valence-corrected chi connectivity index (χ1v) is 8.07. The molecule has 8 nitrogen and oxygen atoms in total. The SMILES string of the molecule is CN(Cc1nnc2n1CCC2)C(=O)NCc1cccnc1N(C)C. The summed E-state index contributed by atoms with van der Waals surface area (Å²) in [6.45, 7) is 1.82. The van der Waals surface area contributed by atoms with Gasteiger partial charge in [-0.1, -0.05) is 6.07 Å². The molecule has 3 rings (SSSR count). The smallest absolute Gasteiger partial charge is 0.317 e. The number of carbonyl (C=O) groups is 1. The predicted molar refractivity (Wildman–Crippen MR) is 90.6 cm³/mol. The fourth-order valence-electron chi connectivity index (χ4n) is 2.89. The van der Waals surface area contributed by atoms with E-state index >= 15 is 0 Å². The van der Waals surface area contributed by atoms with Crippen molar-refractivity contribution in [1.82, 2.24) is 30.0 Å². The summed E-state index contributed by atoms with van der Waals surface area (Å²) in [6, 6.07) is 3.70. The van der Waals surface area contributed by atoms with Crippen LogP contribution in [0.2, 0.25) is 0 Å². The maximum atomic E-state index is 12.3. The minimum absolute atomic E-state index is 0.140. The van der Waals surface area contributed by atoms with Crippen molar-refractivity contribution in [2.45, 2.75) is 32.5 Å². The molecule has 1 N–H and O–H groups in total. The zero-order chi connectivity index (χ0) is 17.1. The molecule has 1 aliphatic heterocycles. The van der Waals surface area contributed by atoms with Gasteiger partial charge in [-0.2, -0.15) is 0 Å². The van der Waals surface area contributed by atoms with Gasteiger partial charge < -0.3 is 19.7 Å². The molecule has 24 heavy (non-hydrogen) atoms. The molecule has 0 saturated carbocycles. The Morgan fingerprint density at radius 1 is 1.33 bits per heavy atom. The summed E-state index contributed by atoms with van der Waals surface area (Å²) in [4.78, 5) is 20.2. The molecule has 0 saturated heterocycles. The van der Waals surface area contributed by atoms with Crippen LogP contribution in [-0.2, 0) is 26.1 Å². The van der Waals surface area contributed by atoms with Crippen LogP contribution in [0.3, 0.4) is 0 Å². The molecule has 0 radical (unpaired) electrons. The first kappa shape index (κ1) is 16.2. The average molecular weight is 329 g/mol. The number of pyridine rings is 1. The quantitative estimate of drug-likeness (QED) is 0.886. The van der Waals surface area contributed by atoms with Gasteiger partial charge in [0, 0.05) is 52.4 Å². The number of fused-ring (bicyclic) bond motifs is 1. The van der Waals surface area contributed by atoms with Crippen molar-refractivity contribution in [1.29, 1.82) is 0 Å². The van der Waals surface area contributed by atoms with Crippen molar-refractivity contribution >= 4 is 11.8 Å². The lowest BCUT2D eigenvalue weighted by Crippen LogP contribution is -2.37. The number of hydrogen-bond acceptors (Lipinski definition) is 5. The Morgan fingerprint density at radius 3 is 2.96 bits per heavy atom. The molecule has 0 aliphatic carbocycles. The molecule has 1 aliphatic rings. The molecule has 0 unspecified atom stereocenters. The highest BCUT2D eigenvalue weighted by Crippen LogP contribution is 2.16. The van der Waals surface area contributed by atoms with Crippen LogP contribution in [0.25, 0.3) is 0 Å². The predicted octanol–water partition coefficient (Wildman–Crippen LogP) is 1.03. The second-order valence-electron chi connectivity index (χ2n) is 6.18. The van der Waals surface area contributed by atoms with Crippen LogP contribution in [0.15, 0.2) is 18.3 Å². The van der Waals surface area contributed by atoms with E-state index in [0.717, 1.165) is 42.4 Å². The standard InChI is InChI=1S/C16H23N7O/c1-21(2)15-12(6-4-8-17-15)10-18-16(24)22(3)11-14-20-19-13-7-5-9-23(13)14/h4,6,8H,5,7,9-11H2,1-3H3,(H,18,24). The number of nitrogens with one attached hydrogen (secondary N) is 1. The summed E-state index contributed by atoms with van der Waals surface area (Å²) in [7, 11) is 5.64. The van der Waals surface area contributed by atoms with E-state index in [1.54, 1.807) is 18.1 Å².